The van der Waals surface area contributed by atoms with Gasteiger partial charge in [-0.05, 0) is 11.4 Å². The highest BCUT2D eigenvalue weighted by Crippen LogP contribution is 2.24. The minimum atomic E-state index is -0.986. The molecule has 3 rings (SSSR count). The Hall–Kier alpha value is -2.46. The highest BCUT2D eigenvalue weighted by Gasteiger charge is 2.14. The van der Waals surface area contributed by atoms with Gasteiger partial charge in [0.25, 0.3) is 5.91 Å². The molecule has 2 amide bonds. The fourth-order valence-corrected chi connectivity index (χ4v) is 3.44. The van der Waals surface area contributed by atoms with E-state index in [1.807, 2.05) is 0 Å². The number of aromatic nitrogens is 2. The molecule has 24 heavy (non-hydrogen) atoms. The van der Waals surface area contributed by atoms with Gasteiger partial charge in [-0.2, -0.15) is 0 Å². The number of H-pyrrole nitrogens is 1. The smallest absolute Gasteiger partial charge is 0.251 e. The summed E-state index contributed by atoms with van der Waals surface area (Å²) in [5.74, 6) is -2.94. The third-order valence-corrected chi connectivity index (χ3v) is 4.73. The number of fused-ring (bicyclic) bond motifs is 1. The Kier molecular flexibility index (Phi) is 4.49. The van der Waals surface area contributed by atoms with Crippen molar-refractivity contribution < 1.29 is 18.4 Å². The summed E-state index contributed by atoms with van der Waals surface area (Å²) >= 11 is 2.25. The zero-order chi connectivity index (χ0) is 17.3. The van der Waals surface area contributed by atoms with Crippen molar-refractivity contribution in [1.29, 1.82) is 0 Å². The van der Waals surface area contributed by atoms with Gasteiger partial charge < -0.3 is 16.0 Å². The van der Waals surface area contributed by atoms with Gasteiger partial charge in [0, 0.05) is 12.1 Å². The number of hydrogen-bond acceptors (Lipinski definition) is 5. The number of amides is 2. The van der Waals surface area contributed by atoms with Crippen LogP contribution in [-0.2, 0) is 4.79 Å². The second kappa shape index (κ2) is 6.57. The fraction of sp³-hybridized carbons (Fsp3) is 0.0714. The summed E-state index contributed by atoms with van der Waals surface area (Å²) in [5.41, 5.74) is 6.05. The van der Waals surface area contributed by atoms with Crippen molar-refractivity contribution in [3.05, 3.63) is 40.8 Å². The van der Waals surface area contributed by atoms with Crippen LogP contribution in [0.5, 0.6) is 0 Å². The number of benzene rings is 1. The molecule has 3 aromatic rings. The van der Waals surface area contributed by atoms with Crippen molar-refractivity contribution in [2.45, 2.75) is 5.16 Å². The third-order valence-electron chi connectivity index (χ3n) is 3.03. The number of nitrogens with two attached hydrogens (primary N) is 1. The van der Waals surface area contributed by atoms with E-state index in [4.69, 9.17) is 5.73 Å². The fourth-order valence-electron chi connectivity index (χ4n) is 1.95. The zero-order valence-corrected chi connectivity index (χ0v) is 13.6. The Morgan fingerprint density at radius 1 is 1.33 bits per heavy atom. The molecule has 0 atom stereocenters. The van der Waals surface area contributed by atoms with Gasteiger partial charge in [-0.25, -0.2) is 13.8 Å². The molecule has 0 bridgehead atoms. The molecule has 0 radical (unpaired) electrons. The van der Waals surface area contributed by atoms with Gasteiger partial charge in [0.15, 0.2) is 16.8 Å². The number of anilines is 1. The van der Waals surface area contributed by atoms with Gasteiger partial charge in [-0.3, -0.25) is 9.59 Å². The molecule has 2 heterocycles. The van der Waals surface area contributed by atoms with Crippen LogP contribution in [0, 0.1) is 11.6 Å². The van der Waals surface area contributed by atoms with Gasteiger partial charge in [-0.15, -0.1) is 11.3 Å². The number of carbonyl (C=O) groups excluding carboxylic acids is 2. The minimum Gasteiger partial charge on any atom is -0.366 e. The molecule has 1 aromatic carbocycles. The lowest BCUT2D eigenvalue weighted by molar-refractivity contribution is -0.113. The van der Waals surface area contributed by atoms with Crippen LogP contribution >= 0.6 is 23.1 Å². The number of nitrogens with one attached hydrogen (secondary N) is 2. The van der Waals surface area contributed by atoms with Crippen molar-refractivity contribution >= 4 is 50.9 Å². The molecule has 0 aliphatic carbocycles. The van der Waals surface area contributed by atoms with Crippen LogP contribution < -0.4 is 11.1 Å². The van der Waals surface area contributed by atoms with Crippen LogP contribution in [0.1, 0.15) is 10.4 Å². The van der Waals surface area contributed by atoms with Gasteiger partial charge in [0.1, 0.15) is 5.00 Å². The summed E-state index contributed by atoms with van der Waals surface area (Å²) in [7, 11) is 0. The molecule has 0 fully saturated rings. The number of thioether (sulfide) groups is 1. The maximum absolute atomic E-state index is 13.2. The van der Waals surface area contributed by atoms with Crippen molar-refractivity contribution in [3.8, 4) is 0 Å². The van der Waals surface area contributed by atoms with E-state index in [9.17, 15) is 18.4 Å². The summed E-state index contributed by atoms with van der Waals surface area (Å²) < 4.78 is 26.3. The molecule has 0 saturated heterocycles. The second-order valence-electron chi connectivity index (χ2n) is 4.69. The quantitative estimate of drug-likeness (QED) is 0.603. The number of imidazole rings is 1. The maximum Gasteiger partial charge on any atom is 0.251 e. The molecule has 0 saturated carbocycles. The van der Waals surface area contributed by atoms with Crippen LogP contribution in [0.25, 0.3) is 11.0 Å². The standard InChI is InChI=1S/C14H10F2N4O2S2/c15-7-3-9-10(4-8(7)16)19-14(18-9)24-5-11(21)20-13-6(12(17)22)1-2-23-13/h1-4H,5H2,(H2,17,22)(H,18,19)(H,20,21). The first-order valence-electron chi connectivity index (χ1n) is 6.58. The molecule has 0 spiro atoms. The Labute approximate surface area is 142 Å². The zero-order valence-electron chi connectivity index (χ0n) is 11.9. The minimum absolute atomic E-state index is 0.000881. The number of halogens is 2. The molecule has 2 aromatic heterocycles. The molecule has 0 aliphatic rings. The van der Waals surface area contributed by atoms with Gasteiger partial charge in [0.2, 0.25) is 5.91 Å². The van der Waals surface area contributed by atoms with E-state index < -0.39 is 17.5 Å². The van der Waals surface area contributed by atoms with E-state index in [0.29, 0.717) is 15.7 Å². The number of hydrogen-bond donors (Lipinski definition) is 3. The van der Waals surface area contributed by atoms with E-state index in [1.54, 1.807) is 5.38 Å². The number of nitrogens with zero attached hydrogens (tertiary/aromatic N) is 1. The number of thiophene rings is 1. The van der Waals surface area contributed by atoms with Crippen molar-refractivity contribution in [2.75, 3.05) is 11.1 Å². The van der Waals surface area contributed by atoms with E-state index in [1.165, 1.54) is 17.4 Å². The summed E-state index contributed by atoms with van der Waals surface area (Å²) in [4.78, 5) is 30.0. The Balaban J connectivity index is 1.66. The number of primary amides is 1. The van der Waals surface area contributed by atoms with E-state index >= 15 is 0 Å². The lowest BCUT2D eigenvalue weighted by atomic mass is 10.3. The van der Waals surface area contributed by atoms with E-state index in [2.05, 4.69) is 15.3 Å². The van der Waals surface area contributed by atoms with Gasteiger partial charge in [-0.1, -0.05) is 11.8 Å². The first-order chi connectivity index (χ1) is 11.4. The van der Waals surface area contributed by atoms with Crippen molar-refractivity contribution in [1.82, 2.24) is 9.97 Å². The molecule has 10 heteroatoms. The Morgan fingerprint density at radius 2 is 2.08 bits per heavy atom. The molecule has 0 unspecified atom stereocenters. The van der Waals surface area contributed by atoms with Crippen LogP contribution in [0.15, 0.2) is 28.7 Å². The average molecular weight is 368 g/mol. The first kappa shape index (κ1) is 16.4. The van der Waals surface area contributed by atoms with E-state index in [-0.39, 0.29) is 22.7 Å². The van der Waals surface area contributed by atoms with Gasteiger partial charge in [0.05, 0.1) is 22.3 Å². The lowest BCUT2D eigenvalue weighted by Gasteiger charge is -2.03. The summed E-state index contributed by atoms with van der Waals surface area (Å²) in [5, 5.41) is 4.96. The largest absolute Gasteiger partial charge is 0.366 e. The van der Waals surface area contributed by atoms with Gasteiger partial charge >= 0.3 is 0 Å². The molecule has 0 aliphatic heterocycles. The maximum atomic E-state index is 13.2. The predicted octanol–water partition coefficient (Wildman–Crippen LogP) is 2.73. The highest BCUT2D eigenvalue weighted by molar-refractivity contribution is 7.99. The summed E-state index contributed by atoms with van der Waals surface area (Å²) in [6.07, 6.45) is 0. The van der Waals surface area contributed by atoms with Crippen molar-refractivity contribution in [3.63, 3.8) is 0 Å². The molecule has 4 N–H and O–H groups in total. The van der Waals surface area contributed by atoms with Crippen LogP contribution in [0.3, 0.4) is 0 Å². The Morgan fingerprint density at radius 3 is 2.83 bits per heavy atom. The number of carbonyl (C=O) groups is 2. The molecule has 6 nitrogen and oxygen atoms in total. The number of rotatable bonds is 5. The predicted molar refractivity (Wildman–Crippen MR) is 88.2 cm³/mol. The van der Waals surface area contributed by atoms with E-state index in [0.717, 1.165) is 23.9 Å². The topological polar surface area (TPSA) is 101 Å². The van der Waals surface area contributed by atoms with Crippen LogP contribution in [0.2, 0.25) is 0 Å². The average Bonchev–Trinajstić information content (AvgIpc) is 3.12. The van der Waals surface area contributed by atoms with Crippen molar-refractivity contribution in [2.24, 2.45) is 5.73 Å². The second-order valence-corrected chi connectivity index (χ2v) is 6.57. The molecular weight excluding hydrogens is 358 g/mol. The SMILES string of the molecule is NC(=O)c1ccsc1NC(=O)CSc1nc2cc(F)c(F)cc2[nH]1. The highest BCUT2D eigenvalue weighted by atomic mass is 32.2. The van der Waals surface area contributed by atoms with Crippen LogP contribution in [0.4, 0.5) is 13.8 Å². The molecule has 124 valence electrons. The third kappa shape index (κ3) is 3.39. The Bertz CT molecular complexity index is 899. The van der Waals surface area contributed by atoms with Crippen LogP contribution in [-0.4, -0.2) is 27.5 Å². The molecular formula is C14H10F2N4O2S2. The summed E-state index contributed by atoms with van der Waals surface area (Å²) in [6, 6.07) is 3.51. The lowest BCUT2D eigenvalue weighted by Crippen LogP contribution is -2.17. The normalized spacial score (nSPS) is 10.9. The monoisotopic (exact) mass is 368 g/mol. The first-order valence-corrected chi connectivity index (χ1v) is 8.45. The number of aromatic amines is 1. The summed E-state index contributed by atoms with van der Waals surface area (Å²) in [6.45, 7) is 0.